The fourth-order valence-corrected chi connectivity index (χ4v) is 2.25. The highest BCUT2D eigenvalue weighted by molar-refractivity contribution is 6.30. The van der Waals surface area contributed by atoms with E-state index in [0.717, 1.165) is 16.8 Å². The quantitative estimate of drug-likeness (QED) is 0.807. The van der Waals surface area contributed by atoms with E-state index in [1.165, 1.54) is 0 Å². The highest BCUT2D eigenvalue weighted by Gasteiger charge is 2.11. The summed E-state index contributed by atoms with van der Waals surface area (Å²) in [5.74, 6) is -0.152. The van der Waals surface area contributed by atoms with Gasteiger partial charge < -0.3 is 5.32 Å². The van der Waals surface area contributed by atoms with E-state index in [9.17, 15) is 4.79 Å². The van der Waals surface area contributed by atoms with Gasteiger partial charge in [0.15, 0.2) is 0 Å². The molecular formula is C16H14ClN3O. The second-order valence-electron chi connectivity index (χ2n) is 4.88. The molecule has 21 heavy (non-hydrogen) atoms. The Hall–Kier alpha value is -2.33. The first kappa shape index (κ1) is 13.6. The van der Waals surface area contributed by atoms with Crippen molar-refractivity contribution in [2.75, 3.05) is 0 Å². The van der Waals surface area contributed by atoms with Crippen LogP contribution in [0.15, 0.2) is 48.8 Å². The first-order valence-corrected chi connectivity index (χ1v) is 6.97. The van der Waals surface area contributed by atoms with Crippen LogP contribution in [-0.4, -0.2) is 15.3 Å². The van der Waals surface area contributed by atoms with Gasteiger partial charge in [0.05, 0.1) is 6.20 Å². The van der Waals surface area contributed by atoms with E-state index in [1.54, 1.807) is 22.7 Å². The molecule has 3 rings (SSSR count). The van der Waals surface area contributed by atoms with Crippen LogP contribution in [0.3, 0.4) is 0 Å². The average Bonchev–Trinajstić information content (AvgIpc) is 2.89. The van der Waals surface area contributed by atoms with Crippen LogP contribution in [0.25, 0.3) is 5.65 Å². The summed E-state index contributed by atoms with van der Waals surface area (Å²) in [5.41, 5.74) is 3.41. The van der Waals surface area contributed by atoms with Gasteiger partial charge in [0.2, 0.25) is 0 Å². The zero-order valence-electron chi connectivity index (χ0n) is 11.5. The SMILES string of the molecule is Cc1ccn2c(C(=O)NCc3ccc(Cl)cc3)cnc2c1. The summed E-state index contributed by atoms with van der Waals surface area (Å²) in [5, 5.41) is 3.57. The number of hydrogen-bond acceptors (Lipinski definition) is 2. The number of imidazole rings is 1. The van der Waals surface area contributed by atoms with Crippen LogP contribution in [0.5, 0.6) is 0 Å². The van der Waals surface area contributed by atoms with Crippen LogP contribution in [0.4, 0.5) is 0 Å². The molecule has 0 radical (unpaired) electrons. The number of aryl methyl sites for hydroxylation is 1. The number of nitrogens with zero attached hydrogens (tertiary/aromatic N) is 2. The van der Waals surface area contributed by atoms with Crippen molar-refractivity contribution < 1.29 is 4.79 Å². The van der Waals surface area contributed by atoms with Gasteiger partial charge in [-0.3, -0.25) is 9.20 Å². The Balaban J connectivity index is 1.76. The molecule has 106 valence electrons. The smallest absolute Gasteiger partial charge is 0.270 e. The van der Waals surface area contributed by atoms with Crippen molar-refractivity contribution in [3.8, 4) is 0 Å². The van der Waals surface area contributed by atoms with E-state index >= 15 is 0 Å². The number of carbonyl (C=O) groups is 1. The number of fused-ring (bicyclic) bond motifs is 1. The predicted octanol–water partition coefficient (Wildman–Crippen LogP) is 3.23. The molecule has 4 nitrogen and oxygen atoms in total. The van der Waals surface area contributed by atoms with Gasteiger partial charge in [0, 0.05) is 17.8 Å². The summed E-state index contributed by atoms with van der Waals surface area (Å²) >= 11 is 5.83. The fraction of sp³-hybridized carbons (Fsp3) is 0.125. The first-order valence-electron chi connectivity index (χ1n) is 6.60. The largest absolute Gasteiger partial charge is 0.347 e. The maximum absolute atomic E-state index is 12.2. The van der Waals surface area contributed by atoms with Crippen molar-refractivity contribution in [2.24, 2.45) is 0 Å². The van der Waals surface area contributed by atoms with Gasteiger partial charge in [-0.1, -0.05) is 23.7 Å². The van der Waals surface area contributed by atoms with Crippen molar-refractivity contribution in [3.63, 3.8) is 0 Å². The lowest BCUT2D eigenvalue weighted by atomic mass is 10.2. The Morgan fingerprint density at radius 2 is 2.05 bits per heavy atom. The van der Waals surface area contributed by atoms with Crippen LogP contribution in [0.2, 0.25) is 5.02 Å². The number of amides is 1. The highest BCUT2D eigenvalue weighted by atomic mass is 35.5. The summed E-state index contributed by atoms with van der Waals surface area (Å²) in [6.07, 6.45) is 3.45. The van der Waals surface area contributed by atoms with E-state index in [2.05, 4.69) is 10.3 Å². The number of carbonyl (C=O) groups excluding carboxylic acids is 1. The van der Waals surface area contributed by atoms with Gasteiger partial charge in [-0.15, -0.1) is 0 Å². The van der Waals surface area contributed by atoms with E-state index in [0.29, 0.717) is 17.3 Å². The molecule has 0 aliphatic carbocycles. The molecule has 5 heteroatoms. The van der Waals surface area contributed by atoms with Crippen molar-refractivity contribution in [3.05, 3.63) is 70.6 Å². The van der Waals surface area contributed by atoms with E-state index < -0.39 is 0 Å². The number of pyridine rings is 1. The van der Waals surface area contributed by atoms with Crippen molar-refractivity contribution in [1.29, 1.82) is 0 Å². The minimum absolute atomic E-state index is 0.152. The zero-order valence-corrected chi connectivity index (χ0v) is 12.3. The van der Waals surface area contributed by atoms with Crippen LogP contribution in [0.1, 0.15) is 21.6 Å². The monoisotopic (exact) mass is 299 g/mol. The molecule has 0 unspecified atom stereocenters. The first-order chi connectivity index (χ1) is 10.1. The van der Waals surface area contributed by atoms with Crippen LogP contribution >= 0.6 is 11.6 Å². The third-order valence-electron chi connectivity index (χ3n) is 3.27. The van der Waals surface area contributed by atoms with E-state index in [4.69, 9.17) is 11.6 Å². The number of hydrogen-bond donors (Lipinski definition) is 1. The zero-order chi connectivity index (χ0) is 14.8. The number of benzene rings is 1. The Labute approximate surface area is 127 Å². The van der Waals surface area contributed by atoms with Gasteiger partial charge in [0.25, 0.3) is 5.91 Å². The summed E-state index contributed by atoms with van der Waals surface area (Å²) in [6.45, 7) is 2.45. The fourth-order valence-electron chi connectivity index (χ4n) is 2.13. The Kier molecular flexibility index (Phi) is 3.62. The number of halogens is 1. The molecule has 0 saturated carbocycles. The Morgan fingerprint density at radius 3 is 2.81 bits per heavy atom. The number of nitrogens with one attached hydrogen (secondary N) is 1. The topological polar surface area (TPSA) is 46.4 Å². The third-order valence-corrected chi connectivity index (χ3v) is 3.52. The van der Waals surface area contributed by atoms with Gasteiger partial charge in [-0.05, 0) is 42.3 Å². The Bertz CT molecular complexity index is 793. The molecular weight excluding hydrogens is 286 g/mol. The third kappa shape index (κ3) is 2.90. The van der Waals surface area contributed by atoms with E-state index in [1.807, 2.05) is 37.4 Å². The lowest BCUT2D eigenvalue weighted by molar-refractivity contribution is 0.0945. The van der Waals surface area contributed by atoms with Gasteiger partial charge >= 0.3 is 0 Å². The molecule has 1 N–H and O–H groups in total. The molecule has 3 aromatic rings. The summed E-state index contributed by atoms with van der Waals surface area (Å²) in [7, 11) is 0. The van der Waals surface area contributed by atoms with Crippen molar-refractivity contribution in [2.45, 2.75) is 13.5 Å². The molecule has 2 aromatic heterocycles. The standard InChI is InChI=1S/C16H14ClN3O/c1-11-6-7-20-14(10-18-15(20)8-11)16(21)19-9-12-2-4-13(17)5-3-12/h2-8,10H,9H2,1H3,(H,19,21). The summed E-state index contributed by atoms with van der Waals surface area (Å²) in [6, 6.07) is 11.3. The summed E-state index contributed by atoms with van der Waals surface area (Å²) < 4.78 is 1.78. The lowest BCUT2D eigenvalue weighted by Gasteiger charge is -2.05. The predicted molar refractivity (Wildman–Crippen MR) is 82.6 cm³/mol. The molecule has 1 aromatic carbocycles. The molecule has 0 spiro atoms. The summed E-state index contributed by atoms with van der Waals surface area (Å²) in [4.78, 5) is 16.5. The van der Waals surface area contributed by atoms with E-state index in [-0.39, 0.29) is 5.91 Å². The molecule has 1 amide bonds. The van der Waals surface area contributed by atoms with Gasteiger partial charge in [-0.25, -0.2) is 4.98 Å². The van der Waals surface area contributed by atoms with Crippen LogP contribution < -0.4 is 5.32 Å². The van der Waals surface area contributed by atoms with Gasteiger partial charge in [-0.2, -0.15) is 0 Å². The molecule has 0 aliphatic heterocycles. The molecule has 0 atom stereocenters. The molecule has 0 aliphatic rings. The Morgan fingerprint density at radius 1 is 1.29 bits per heavy atom. The van der Waals surface area contributed by atoms with Crippen molar-refractivity contribution >= 4 is 23.2 Å². The second-order valence-corrected chi connectivity index (χ2v) is 5.32. The highest BCUT2D eigenvalue weighted by Crippen LogP contribution is 2.11. The number of aromatic nitrogens is 2. The number of rotatable bonds is 3. The van der Waals surface area contributed by atoms with Crippen LogP contribution in [-0.2, 0) is 6.54 Å². The lowest BCUT2D eigenvalue weighted by Crippen LogP contribution is -2.24. The maximum atomic E-state index is 12.2. The normalized spacial score (nSPS) is 10.8. The van der Waals surface area contributed by atoms with Crippen LogP contribution in [0, 0.1) is 6.92 Å². The molecule has 0 saturated heterocycles. The maximum Gasteiger partial charge on any atom is 0.270 e. The minimum atomic E-state index is -0.152. The second kappa shape index (κ2) is 5.58. The van der Waals surface area contributed by atoms with Crippen molar-refractivity contribution in [1.82, 2.24) is 14.7 Å². The molecule has 2 heterocycles. The molecule has 0 bridgehead atoms. The van der Waals surface area contributed by atoms with Gasteiger partial charge in [0.1, 0.15) is 11.3 Å². The average molecular weight is 300 g/mol. The molecule has 0 fully saturated rings. The minimum Gasteiger partial charge on any atom is -0.347 e.